The highest BCUT2D eigenvalue weighted by molar-refractivity contribution is 7.14. The van der Waals surface area contributed by atoms with Gasteiger partial charge in [0.2, 0.25) is 0 Å². The van der Waals surface area contributed by atoms with Gasteiger partial charge in [0.15, 0.2) is 5.13 Å². The van der Waals surface area contributed by atoms with E-state index in [0.717, 1.165) is 18.7 Å². The third-order valence-corrected chi connectivity index (χ3v) is 3.72. The highest BCUT2D eigenvalue weighted by Crippen LogP contribution is 2.21. The molecule has 0 fully saturated rings. The maximum atomic E-state index is 12.0. The summed E-state index contributed by atoms with van der Waals surface area (Å²) in [4.78, 5) is 16.5. The molecule has 0 aliphatic heterocycles. The average molecular weight is 293 g/mol. The number of anilines is 1. The smallest absolute Gasteiger partial charge is 0.275 e. The van der Waals surface area contributed by atoms with Crippen LogP contribution >= 0.6 is 11.3 Å². The topological polar surface area (TPSA) is 71.8 Å². The molecule has 0 saturated heterocycles. The van der Waals surface area contributed by atoms with Gasteiger partial charge in [0.1, 0.15) is 5.69 Å². The van der Waals surface area contributed by atoms with Gasteiger partial charge >= 0.3 is 0 Å². The van der Waals surface area contributed by atoms with Gasteiger partial charge in [-0.1, -0.05) is 6.92 Å². The predicted octanol–water partition coefficient (Wildman–Crippen LogP) is 2.19. The van der Waals surface area contributed by atoms with E-state index in [1.54, 1.807) is 19.3 Å². The van der Waals surface area contributed by atoms with Gasteiger partial charge in [-0.05, 0) is 26.0 Å². The average Bonchev–Trinajstić information content (AvgIpc) is 3.05. The van der Waals surface area contributed by atoms with E-state index in [2.05, 4.69) is 34.6 Å². The first-order valence-corrected chi connectivity index (χ1v) is 7.48. The number of amides is 1. The summed E-state index contributed by atoms with van der Waals surface area (Å²) in [5.74, 6) is -0.194. The summed E-state index contributed by atoms with van der Waals surface area (Å²) < 4.78 is 1.54. The normalized spacial score (nSPS) is 12.3. The van der Waals surface area contributed by atoms with Crippen LogP contribution in [-0.4, -0.2) is 27.2 Å². The van der Waals surface area contributed by atoms with Crippen molar-refractivity contribution in [2.45, 2.75) is 26.3 Å². The van der Waals surface area contributed by atoms with Crippen LogP contribution in [0.5, 0.6) is 0 Å². The van der Waals surface area contributed by atoms with Crippen LogP contribution < -0.4 is 10.6 Å². The number of carbonyl (C=O) groups excluding carboxylic acids is 1. The highest BCUT2D eigenvalue weighted by Gasteiger charge is 2.14. The quantitative estimate of drug-likeness (QED) is 0.856. The molecule has 2 N–H and O–H groups in total. The van der Waals surface area contributed by atoms with Crippen molar-refractivity contribution in [1.29, 1.82) is 0 Å². The zero-order chi connectivity index (χ0) is 14.5. The molecule has 20 heavy (non-hydrogen) atoms. The molecule has 108 valence electrons. The molecule has 0 aliphatic carbocycles. The Morgan fingerprint density at radius 2 is 2.35 bits per heavy atom. The summed E-state index contributed by atoms with van der Waals surface area (Å²) in [6.07, 6.45) is 2.68. The molecule has 0 aromatic carbocycles. The molecule has 2 aromatic heterocycles. The van der Waals surface area contributed by atoms with Gasteiger partial charge in [-0.3, -0.25) is 14.8 Å². The Kier molecular flexibility index (Phi) is 4.86. The fourth-order valence-corrected chi connectivity index (χ4v) is 2.56. The fraction of sp³-hybridized carbons (Fsp3) is 0.462. The van der Waals surface area contributed by atoms with Gasteiger partial charge in [0.05, 0.1) is 5.69 Å². The zero-order valence-corrected chi connectivity index (χ0v) is 12.7. The second kappa shape index (κ2) is 6.62. The molecule has 1 amide bonds. The molecule has 0 saturated carbocycles. The van der Waals surface area contributed by atoms with Gasteiger partial charge in [0.25, 0.3) is 5.91 Å². The largest absolute Gasteiger partial charge is 0.309 e. The standard InChI is InChI=1S/C13H19N5OS/c1-4-6-14-9(2)10-8-20-13(16-10)17-12(19)11-5-7-15-18(11)3/h5,7-9,14H,4,6H2,1-3H3,(H,16,17,19). The minimum atomic E-state index is -0.194. The van der Waals surface area contributed by atoms with E-state index in [1.165, 1.54) is 16.0 Å². The van der Waals surface area contributed by atoms with Crippen LogP contribution in [0.25, 0.3) is 0 Å². The van der Waals surface area contributed by atoms with Crippen LogP contribution in [0.15, 0.2) is 17.6 Å². The lowest BCUT2D eigenvalue weighted by molar-refractivity contribution is 0.101. The van der Waals surface area contributed by atoms with Gasteiger partial charge in [-0.2, -0.15) is 5.10 Å². The number of nitrogens with one attached hydrogen (secondary N) is 2. The molecule has 1 atom stereocenters. The Morgan fingerprint density at radius 3 is 3.00 bits per heavy atom. The third-order valence-electron chi connectivity index (χ3n) is 2.94. The number of nitrogens with zero attached hydrogens (tertiary/aromatic N) is 3. The van der Waals surface area contributed by atoms with Crippen molar-refractivity contribution in [2.75, 3.05) is 11.9 Å². The number of thiazole rings is 1. The van der Waals surface area contributed by atoms with Crippen molar-refractivity contribution in [3.63, 3.8) is 0 Å². The minimum absolute atomic E-state index is 0.188. The summed E-state index contributed by atoms with van der Waals surface area (Å²) in [5.41, 5.74) is 1.46. The lowest BCUT2D eigenvalue weighted by atomic mass is 10.2. The Balaban J connectivity index is 1.99. The van der Waals surface area contributed by atoms with Crippen molar-refractivity contribution in [3.05, 3.63) is 29.0 Å². The van der Waals surface area contributed by atoms with E-state index in [-0.39, 0.29) is 11.9 Å². The molecule has 0 radical (unpaired) electrons. The SMILES string of the molecule is CCCNC(C)c1csc(NC(=O)c2ccnn2C)n1. The highest BCUT2D eigenvalue weighted by atomic mass is 32.1. The Hall–Kier alpha value is -1.73. The number of rotatable bonds is 6. The monoisotopic (exact) mass is 293 g/mol. The number of aryl methyl sites for hydroxylation is 1. The molecule has 0 bridgehead atoms. The van der Waals surface area contributed by atoms with Gasteiger partial charge < -0.3 is 5.32 Å². The summed E-state index contributed by atoms with van der Waals surface area (Å²) in [6, 6.07) is 1.86. The van der Waals surface area contributed by atoms with Crippen molar-refractivity contribution in [3.8, 4) is 0 Å². The second-order valence-corrected chi connectivity index (χ2v) is 5.41. The minimum Gasteiger partial charge on any atom is -0.309 e. The summed E-state index contributed by atoms with van der Waals surface area (Å²) in [5, 5.41) is 12.7. The predicted molar refractivity (Wildman–Crippen MR) is 80.0 cm³/mol. The van der Waals surface area contributed by atoms with Crippen molar-refractivity contribution >= 4 is 22.4 Å². The molecule has 0 spiro atoms. The molecule has 2 rings (SSSR count). The van der Waals surface area contributed by atoms with E-state index in [0.29, 0.717) is 10.8 Å². The Morgan fingerprint density at radius 1 is 1.55 bits per heavy atom. The molecular weight excluding hydrogens is 274 g/mol. The Bertz CT molecular complexity index is 577. The summed E-state index contributed by atoms with van der Waals surface area (Å²) >= 11 is 1.43. The summed E-state index contributed by atoms with van der Waals surface area (Å²) in [6.45, 7) is 5.15. The number of aromatic nitrogens is 3. The first-order chi connectivity index (χ1) is 9.61. The van der Waals surface area contributed by atoms with E-state index in [9.17, 15) is 4.79 Å². The van der Waals surface area contributed by atoms with Gasteiger partial charge in [-0.25, -0.2) is 4.98 Å². The zero-order valence-electron chi connectivity index (χ0n) is 11.9. The molecule has 2 heterocycles. The van der Waals surface area contributed by atoms with Crippen molar-refractivity contribution < 1.29 is 4.79 Å². The van der Waals surface area contributed by atoms with Crippen molar-refractivity contribution in [1.82, 2.24) is 20.1 Å². The molecule has 1 unspecified atom stereocenters. The fourth-order valence-electron chi connectivity index (χ4n) is 1.77. The summed E-state index contributed by atoms with van der Waals surface area (Å²) in [7, 11) is 1.74. The van der Waals surface area contributed by atoms with Crippen LogP contribution in [0.2, 0.25) is 0 Å². The van der Waals surface area contributed by atoms with Crippen LogP contribution in [0.4, 0.5) is 5.13 Å². The Labute approximate surface area is 122 Å². The lowest BCUT2D eigenvalue weighted by Crippen LogP contribution is -2.20. The molecule has 0 aliphatic rings. The van der Waals surface area contributed by atoms with E-state index in [4.69, 9.17) is 0 Å². The van der Waals surface area contributed by atoms with Crippen LogP contribution in [-0.2, 0) is 7.05 Å². The van der Waals surface area contributed by atoms with Crippen LogP contribution in [0, 0.1) is 0 Å². The number of hydrogen-bond donors (Lipinski definition) is 2. The van der Waals surface area contributed by atoms with E-state index >= 15 is 0 Å². The van der Waals surface area contributed by atoms with Gasteiger partial charge in [-0.15, -0.1) is 11.3 Å². The number of carbonyl (C=O) groups is 1. The number of hydrogen-bond acceptors (Lipinski definition) is 5. The second-order valence-electron chi connectivity index (χ2n) is 4.55. The molecule has 6 nitrogen and oxygen atoms in total. The third kappa shape index (κ3) is 3.43. The first-order valence-electron chi connectivity index (χ1n) is 6.60. The first kappa shape index (κ1) is 14.7. The molecule has 7 heteroatoms. The van der Waals surface area contributed by atoms with E-state index < -0.39 is 0 Å². The van der Waals surface area contributed by atoms with Gasteiger partial charge in [0, 0.05) is 24.7 Å². The van der Waals surface area contributed by atoms with Crippen LogP contribution in [0.3, 0.4) is 0 Å². The maximum absolute atomic E-state index is 12.0. The maximum Gasteiger partial charge on any atom is 0.275 e. The molecular formula is C13H19N5OS. The van der Waals surface area contributed by atoms with E-state index in [1.807, 2.05) is 5.38 Å². The van der Waals surface area contributed by atoms with Crippen LogP contribution in [0.1, 0.15) is 42.5 Å². The molecule has 2 aromatic rings. The van der Waals surface area contributed by atoms with Crippen molar-refractivity contribution in [2.24, 2.45) is 7.05 Å². The lowest BCUT2D eigenvalue weighted by Gasteiger charge is -2.09.